The van der Waals surface area contributed by atoms with Gasteiger partial charge in [-0.15, -0.1) is 0 Å². The minimum atomic E-state index is -4.17. The average molecular weight is 440 g/mol. The Morgan fingerprint density at radius 1 is 1.13 bits per heavy atom. The second-order valence-corrected chi connectivity index (χ2v) is 9.66. The number of esters is 1. The summed E-state index contributed by atoms with van der Waals surface area (Å²) in [7, 11) is -4.17. The number of ketones is 1. The van der Waals surface area contributed by atoms with Crippen LogP contribution >= 0.6 is 0 Å². The molecule has 2 aliphatic heterocycles. The van der Waals surface area contributed by atoms with Gasteiger partial charge in [-0.25, -0.2) is 8.42 Å². The number of sulfonamides is 1. The molecule has 1 aromatic rings. The van der Waals surface area contributed by atoms with Crippen molar-refractivity contribution in [2.75, 3.05) is 13.1 Å². The molecule has 1 unspecified atom stereocenters. The van der Waals surface area contributed by atoms with Crippen LogP contribution in [0.5, 0.6) is 0 Å². The molecule has 2 atom stereocenters. The first-order chi connectivity index (χ1) is 14.2. The second kappa shape index (κ2) is 8.78. The number of cyclic esters (lactones) is 1. The van der Waals surface area contributed by atoms with Gasteiger partial charge in [0.1, 0.15) is 5.78 Å². The fourth-order valence-corrected chi connectivity index (χ4v) is 5.78. The van der Waals surface area contributed by atoms with Crippen LogP contribution < -0.4 is 0 Å². The molecule has 3 rings (SSSR count). The van der Waals surface area contributed by atoms with Crippen molar-refractivity contribution in [2.45, 2.75) is 56.1 Å². The molecule has 0 aromatic heterocycles. The predicted octanol–water partition coefficient (Wildman–Crippen LogP) is 1.76. The standard InChI is InChI=1S/C19H24N2O8S/c22-14-5-3-11-20(30(27,28)16-7-2-1-6-15(16)21(25)26)12-4-9-19(10-8-14)13-17(23)29-18(19)24/h1-2,6-7,18,24H,3-5,8-13H2/t18?,19-/m1/s1. The normalized spacial score (nSPS) is 26.9. The van der Waals surface area contributed by atoms with Gasteiger partial charge in [0.2, 0.25) is 16.3 Å². The first-order valence-electron chi connectivity index (χ1n) is 9.78. The van der Waals surface area contributed by atoms with E-state index in [1.807, 2.05) is 0 Å². The zero-order valence-corrected chi connectivity index (χ0v) is 17.2. The summed E-state index contributed by atoms with van der Waals surface area (Å²) in [5, 5.41) is 21.6. The smallest absolute Gasteiger partial charge is 0.308 e. The number of nitro benzene ring substituents is 1. The Morgan fingerprint density at radius 2 is 1.83 bits per heavy atom. The van der Waals surface area contributed by atoms with Crippen molar-refractivity contribution in [2.24, 2.45) is 5.41 Å². The molecule has 0 bridgehead atoms. The van der Waals surface area contributed by atoms with Crippen LogP contribution in [0.25, 0.3) is 0 Å². The van der Waals surface area contributed by atoms with Crippen molar-refractivity contribution in [3.05, 3.63) is 34.4 Å². The molecular formula is C19H24N2O8S. The van der Waals surface area contributed by atoms with E-state index in [-0.39, 0.29) is 57.4 Å². The van der Waals surface area contributed by atoms with Gasteiger partial charge in [-0.2, -0.15) is 4.31 Å². The molecule has 164 valence electrons. The highest BCUT2D eigenvalue weighted by Crippen LogP contribution is 2.43. The van der Waals surface area contributed by atoms with Crippen LogP contribution in [0.1, 0.15) is 44.9 Å². The first kappa shape index (κ1) is 22.3. The van der Waals surface area contributed by atoms with E-state index in [1.54, 1.807) is 0 Å². The van der Waals surface area contributed by atoms with Gasteiger partial charge in [0.05, 0.1) is 11.3 Å². The Hall–Kier alpha value is -2.37. The molecule has 0 radical (unpaired) electrons. The third-order valence-electron chi connectivity index (χ3n) is 5.79. The second-order valence-electron chi connectivity index (χ2n) is 7.76. The third-order valence-corrected chi connectivity index (χ3v) is 7.74. The molecule has 1 N–H and O–H groups in total. The van der Waals surface area contributed by atoms with E-state index in [0.717, 1.165) is 10.4 Å². The van der Waals surface area contributed by atoms with Crippen molar-refractivity contribution in [1.29, 1.82) is 0 Å². The van der Waals surface area contributed by atoms with Crippen molar-refractivity contribution < 1.29 is 32.8 Å². The number of hydrogen-bond acceptors (Lipinski definition) is 8. The van der Waals surface area contributed by atoms with Gasteiger partial charge >= 0.3 is 5.97 Å². The van der Waals surface area contributed by atoms with Crippen LogP contribution in [0.15, 0.2) is 29.2 Å². The van der Waals surface area contributed by atoms with Gasteiger partial charge in [-0.1, -0.05) is 12.1 Å². The molecule has 2 aliphatic rings. The number of carbonyl (C=O) groups is 2. The minimum absolute atomic E-state index is 0.0294. The molecule has 1 aromatic carbocycles. The quantitative estimate of drug-likeness (QED) is 0.425. The summed E-state index contributed by atoms with van der Waals surface area (Å²) < 4.78 is 32.4. The average Bonchev–Trinajstić information content (AvgIpc) is 2.96. The lowest BCUT2D eigenvalue weighted by Crippen LogP contribution is -2.35. The molecule has 2 heterocycles. The number of hydrogen-bond donors (Lipinski definition) is 1. The summed E-state index contributed by atoms with van der Waals surface area (Å²) in [6.45, 7) is 0.0936. The van der Waals surface area contributed by atoms with E-state index in [1.165, 1.54) is 18.2 Å². The number of nitro groups is 1. The molecule has 30 heavy (non-hydrogen) atoms. The lowest BCUT2D eigenvalue weighted by molar-refractivity contribution is -0.387. The topological polar surface area (TPSA) is 144 Å². The van der Waals surface area contributed by atoms with E-state index in [9.17, 15) is 33.2 Å². The molecule has 0 saturated carbocycles. The molecule has 11 heteroatoms. The van der Waals surface area contributed by atoms with Crippen molar-refractivity contribution in [3.63, 3.8) is 0 Å². The van der Waals surface area contributed by atoms with Crippen LogP contribution in [0, 0.1) is 15.5 Å². The van der Waals surface area contributed by atoms with E-state index in [4.69, 9.17) is 4.74 Å². The monoisotopic (exact) mass is 440 g/mol. The van der Waals surface area contributed by atoms with Crippen LogP contribution in [0.2, 0.25) is 0 Å². The Labute approximate surface area is 174 Å². The third kappa shape index (κ3) is 4.52. The molecule has 1 spiro atoms. The van der Waals surface area contributed by atoms with Crippen molar-refractivity contribution >= 4 is 27.5 Å². The number of nitrogens with zero attached hydrogens (tertiary/aromatic N) is 2. The number of aliphatic hydroxyl groups excluding tert-OH is 1. The van der Waals surface area contributed by atoms with Gasteiger partial charge in [-0.3, -0.25) is 19.7 Å². The highest BCUT2D eigenvalue weighted by molar-refractivity contribution is 7.89. The summed E-state index contributed by atoms with van der Waals surface area (Å²) in [6, 6.07) is 5.14. The van der Waals surface area contributed by atoms with Gasteiger partial charge in [0.15, 0.2) is 4.90 Å². The van der Waals surface area contributed by atoms with Gasteiger partial charge in [0.25, 0.3) is 5.69 Å². The molecule has 0 amide bonds. The van der Waals surface area contributed by atoms with E-state index >= 15 is 0 Å². The Kier molecular flexibility index (Phi) is 6.53. The van der Waals surface area contributed by atoms with Crippen LogP contribution in [0.3, 0.4) is 0 Å². The predicted molar refractivity (Wildman–Crippen MR) is 104 cm³/mol. The Bertz CT molecular complexity index is 948. The molecule has 10 nitrogen and oxygen atoms in total. The van der Waals surface area contributed by atoms with Gasteiger partial charge in [0, 0.05) is 37.4 Å². The zero-order valence-electron chi connectivity index (χ0n) is 16.4. The number of Topliss-reactive ketones (excluding diaryl/α,β-unsaturated/α-hetero) is 1. The van der Waals surface area contributed by atoms with E-state index in [0.29, 0.717) is 6.42 Å². The largest absolute Gasteiger partial charge is 0.435 e. The van der Waals surface area contributed by atoms with Gasteiger partial charge in [-0.05, 0) is 31.7 Å². The Balaban J connectivity index is 1.88. The minimum Gasteiger partial charge on any atom is -0.435 e. The lowest BCUT2D eigenvalue weighted by atomic mass is 9.76. The zero-order chi connectivity index (χ0) is 21.9. The Morgan fingerprint density at radius 3 is 2.50 bits per heavy atom. The summed E-state index contributed by atoms with van der Waals surface area (Å²) in [5.41, 5.74) is -1.43. The lowest BCUT2D eigenvalue weighted by Gasteiger charge is -2.30. The van der Waals surface area contributed by atoms with Gasteiger partial charge < -0.3 is 9.84 Å². The fraction of sp³-hybridized carbons (Fsp3) is 0.579. The van der Waals surface area contributed by atoms with Crippen LogP contribution in [0.4, 0.5) is 5.69 Å². The molecule has 0 aliphatic carbocycles. The fourth-order valence-electron chi connectivity index (χ4n) is 4.11. The maximum atomic E-state index is 13.2. The summed E-state index contributed by atoms with van der Waals surface area (Å²) in [4.78, 5) is 34.1. The highest BCUT2D eigenvalue weighted by Gasteiger charge is 2.48. The van der Waals surface area contributed by atoms with Crippen molar-refractivity contribution in [1.82, 2.24) is 4.31 Å². The number of carbonyl (C=O) groups excluding carboxylic acids is 2. The van der Waals surface area contributed by atoms with E-state index in [2.05, 4.69) is 0 Å². The van der Waals surface area contributed by atoms with Crippen LogP contribution in [-0.2, 0) is 24.3 Å². The number of aliphatic hydroxyl groups is 1. The van der Waals surface area contributed by atoms with Crippen molar-refractivity contribution in [3.8, 4) is 0 Å². The number of rotatable bonds is 3. The number of ether oxygens (including phenoxy) is 1. The molecule has 2 fully saturated rings. The number of para-hydroxylation sites is 1. The summed E-state index contributed by atoms with van der Waals surface area (Å²) >= 11 is 0. The molecular weight excluding hydrogens is 416 g/mol. The maximum absolute atomic E-state index is 13.2. The maximum Gasteiger partial charge on any atom is 0.308 e. The highest BCUT2D eigenvalue weighted by atomic mass is 32.2. The van der Waals surface area contributed by atoms with Crippen LogP contribution in [-0.4, -0.2) is 53.9 Å². The first-order valence-corrected chi connectivity index (χ1v) is 11.2. The SMILES string of the molecule is O=C1CCCN(S(=O)(=O)c2ccccc2[N+](=O)[O-])CCC[C@@]2(CC1)CC(=O)OC2O. The molecule has 2 saturated heterocycles. The summed E-state index contributed by atoms with van der Waals surface area (Å²) in [6.07, 6.45) is 0.114. The van der Waals surface area contributed by atoms with E-state index < -0.39 is 43.2 Å². The number of benzene rings is 1. The summed E-state index contributed by atoms with van der Waals surface area (Å²) in [5.74, 6) is -0.639.